The predicted octanol–water partition coefficient (Wildman–Crippen LogP) is -0.124. The minimum atomic E-state index is 0.0668. The van der Waals surface area contributed by atoms with Crippen LogP contribution in [0.2, 0.25) is 0 Å². The first-order valence-electron chi connectivity index (χ1n) is 5.17. The molecule has 2 aliphatic rings. The van der Waals surface area contributed by atoms with Crippen molar-refractivity contribution in [3.05, 3.63) is 27.7 Å². The van der Waals surface area contributed by atoms with Gasteiger partial charge in [-0.15, -0.1) is 0 Å². The Labute approximate surface area is 81.9 Å². The fraction of sp³-hybridized carbons (Fsp3) is 0.600. The van der Waals surface area contributed by atoms with Crippen LogP contribution in [0.3, 0.4) is 0 Å². The maximum atomic E-state index is 11.7. The Morgan fingerprint density at radius 3 is 3.00 bits per heavy atom. The van der Waals surface area contributed by atoms with Gasteiger partial charge in [0.1, 0.15) is 0 Å². The normalized spacial score (nSPS) is 20.6. The quantitative estimate of drug-likeness (QED) is 0.673. The summed E-state index contributed by atoms with van der Waals surface area (Å²) in [4.78, 5) is 11.7. The van der Waals surface area contributed by atoms with Gasteiger partial charge in [0.25, 0.3) is 5.56 Å². The summed E-state index contributed by atoms with van der Waals surface area (Å²) >= 11 is 0. The van der Waals surface area contributed by atoms with Crippen molar-refractivity contribution in [3.63, 3.8) is 0 Å². The van der Waals surface area contributed by atoms with Crippen molar-refractivity contribution in [2.75, 3.05) is 13.1 Å². The third kappa shape index (κ3) is 1.10. The molecule has 74 valence electrons. The van der Waals surface area contributed by atoms with E-state index in [-0.39, 0.29) is 11.6 Å². The van der Waals surface area contributed by atoms with E-state index in [0.717, 1.165) is 38.0 Å². The number of aryl methyl sites for hydroxylation is 2. The van der Waals surface area contributed by atoms with Crippen LogP contribution in [0.15, 0.2) is 10.9 Å². The second-order valence-corrected chi connectivity index (χ2v) is 4.06. The molecule has 0 bridgehead atoms. The van der Waals surface area contributed by atoms with Crippen molar-refractivity contribution in [1.82, 2.24) is 15.1 Å². The van der Waals surface area contributed by atoms with E-state index in [1.54, 1.807) is 10.7 Å². The molecule has 1 aromatic rings. The number of aromatic nitrogens is 2. The summed E-state index contributed by atoms with van der Waals surface area (Å²) in [5.74, 6) is 0. The average Bonchev–Trinajstić information content (AvgIpc) is 2.48. The molecule has 1 aliphatic heterocycles. The van der Waals surface area contributed by atoms with Crippen molar-refractivity contribution in [2.24, 2.45) is 0 Å². The Hall–Kier alpha value is -1.16. The third-order valence-corrected chi connectivity index (χ3v) is 3.09. The zero-order valence-electron chi connectivity index (χ0n) is 7.99. The molecular formula is C10H13N3O. The standard InChI is InChI=1S/C10H13N3O/c14-10-4-7-2-1-3-9(7)12-13(10)8-5-11-6-8/h4,8,11H,1-3,5-6H2. The molecule has 0 unspecified atom stereocenters. The lowest BCUT2D eigenvalue weighted by atomic mass is 10.2. The highest BCUT2D eigenvalue weighted by Gasteiger charge is 2.23. The molecule has 0 amide bonds. The number of rotatable bonds is 1. The van der Waals surface area contributed by atoms with Gasteiger partial charge < -0.3 is 5.32 Å². The maximum Gasteiger partial charge on any atom is 0.267 e. The Morgan fingerprint density at radius 1 is 1.43 bits per heavy atom. The lowest BCUT2D eigenvalue weighted by molar-refractivity contribution is 0.304. The van der Waals surface area contributed by atoms with Gasteiger partial charge in [-0.1, -0.05) is 0 Å². The van der Waals surface area contributed by atoms with Crippen molar-refractivity contribution in [3.8, 4) is 0 Å². The highest BCUT2D eigenvalue weighted by Crippen LogP contribution is 2.18. The molecule has 1 saturated heterocycles. The van der Waals surface area contributed by atoms with E-state index in [0.29, 0.717) is 0 Å². The predicted molar refractivity (Wildman–Crippen MR) is 52.4 cm³/mol. The van der Waals surface area contributed by atoms with E-state index in [4.69, 9.17) is 0 Å². The van der Waals surface area contributed by atoms with Crippen LogP contribution < -0.4 is 10.9 Å². The average molecular weight is 191 g/mol. The number of hydrogen-bond donors (Lipinski definition) is 1. The van der Waals surface area contributed by atoms with Gasteiger partial charge in [-0.2, -0.15) is 5.10 Å². The third-order valence-electron chi connectivity index (χ3n) is 3.09. The molecule has 0 aromatic carbocycles. The molecule has 1 fully saturated rings. The molecule has 4 heteroatoms. The van der Waals surface area contributed by atoms with Crippen molar-refractivity contribution < 1.29 is 0 Å². The van der Waals surface area contributed by atoms with Gasteiger partial charge in [-0.05, 0) is 24.8 Å². The summed E-state index contributed by atoms with van der Waals surface area (Å²) in [5, 5.41) is 7.59. The van der Waals surface area contributed by atoms with Gasteiger partial charge in [0.15, 0.2) is 0 Å². The molecule has 1 N–H and O–H groups in total. The zero-order valence-corrected chi connectivity index (χ0v) is 7.99. The van der Waals surface area contributed by atoms with E-state index in [2.05, 4.69) is 10.4 Å². The smallest absolute Gasteiger partial charge is 0.267 e. The number of hydrogen-bond acceptors (Lipinski definition) is 3. The van der Waals surface area contributed by atoms with E-state index in [1.807, 2.05) is 0 Å². The molecule has 0 radical (unpaired) electrons. The first-order chi connectivity index (χ1) is 6.84. The van der Waals surface area contributed by atoms with E-state index < -0.39 is 0 Å². The Kier molecular flexibility index (Phi) is 1.70. The molecule has 3 rings (SSSR count). The van der Waals surface area contributed by atoms with E-state index in [9.17, 15) is 4.79 Å². The molecule has 0 atom stereocenters. The second-order valence-electron chi connectivity index (χ2n) is 4.06. The molecule has 1 aliphatic carbocycles. The molecule has 0 spiro atoms. The van der Waals surface area contributed by atoms with Crippen LogP contribution in [-0.2, 0) is 12.8 Å². The van der Waals surface area contributed by atoms with Gasteiger partial charge in [-0.3, -0.25) is 4.79 Å². The number of nitrogens with one attached hydrogen (secondary N) is 1. The Morgan fingerprint density at radius 2 is 2.29 bits per heavy atom. The summed E-state index contributed by atoms with van der Waals surface area (Å²) in [6.45, 7) is 1.76. The van der Waals surface area contributed by atoms with Crippen LogP contribution in [0.4, 0.5) is 0 Å². The van der Waals surface area contributed by atoms with Crippen LogP contribution in [-0.4, -0.2) is 22.9 Å². The van der Waals surface area contributed by atoms with Crippen LogP contribution in [0, 0.1) is 0 Å². The van der Waals surface area contributed by atoms with Gasteiger partial charge in [0.05, 0.1) is 11.7 Å². The van der Waals surface area contributed by atoms with Crippen molar-refractivity contribution in [1.29, 1.82) is 0 Å². The topological polar surface area (TPSA) is 46.9 Å². The zero-order chi connectivity index (χ0) is 9.54. The van der Waals surface area contributed by atoms with Crippen LogP contribution in [0.5, 0.6) is 0 Å². The van der Waals surface area contributed by atoms with Crippen molar-refractivity contribution >= 4 is 0 Å². The summed E-state index contributed by atoms with van der Waals surface area (Å²) in [5.41, 5.74) is 2.37. The first-order valence-corrected chi connectivity index (χ1v) is 5.17. The highest BCUT2D eigenvalue weighted by molar-refractivity contribution is 5.22. The number of fused-ring (bicyclic) bond motifs is 1. The van der Waals surface area contributed by atoms with Crippen LogP contribution >= 0.6 is 0 Å². The van der Waals surface area contributed by atoms with E-state index in [1.165, 1.54) is 5.56 Å². The summed E-state index contributed by atoms with van der Waals surface area (Å²) in [6.07, 6.45) is 3.21. The van der Waals surface area contributed by atoms with Crippen molar-refractivity contribution in [2.45, 2.75) is 25.3 Å². The van der Waals surface area contributed by atoms with Gasteiger partial charge >= 0.3 is 0 Å². The maximum absolute atomic E-state index is 11.7. The fourth-order valence-corrected chi connectivity index (χ4v) is 2.12. The molecule has 2 heterocycles. The highest BCUT2D eigenvalue weighted by atomic mass is 16.1. The monoisotopic (exact) mass is 191 g/mol. The first kappa shape index (κ1) is 8.17. The molecule has 4 nitrogen and oxygen atoms in total. The lowest BCUT2D eigenvalue weighted by Crippen LogP contribution is -2.48. The largest absolute Gasteiger partial charge is 0.312 e. The fourth-order valence-electron chi connectivity index (χ4n) is 2.12. The summed E-state index contributed by atoms with van der Waals surface area (Å²) < 4.78 is 1.65. The molecular weight excluding hydrogens is 178 g/mol. The minimum absolute atomic E-state index is 0.0668. The van der Waals surface area contributed by atoms with Gasteiger partial charge in [-0.25, -0.2) is 4.68 Å². The minimum Gasteiger partial charge on any atom is -0.312 e. The number of nitrogens with zero attached hydrogens (tertiary/aromatic N) is 2. The van der Waals surface area contributed by atoms with Gasteiger partial charge in [0.2, 0.25) is 0 Å². The SMILES string of the molecule is O=c1cc2c(nn1C1CNC1)CCC2. The Bertz CT molecular complexity index is 420. The van der Waals surface area contributed by atoms with E-state index >= 15 is 0 Å². The second kappa shape index (κ2) is 2.92. The summed E-state index contributed by atoms with van der Waals surface area (Å²) in [7, 11) is 0. The Balaban J connectivity index is 2.07. The van der Waals surface area contributed by atoms with Gasteiger partial charge in [0, 0.05) is 19.2 Å². The molecule has 1 aromatic heterocycles. The van der Waals surface area contributed by atoms with Crippen LogP contribution in [0.1, 0.15) is 23.7 Å². The molecule has 0 saturated carbocycles. The molecule has 14 heavy (non-hydrogen) atoms. The lowest BCUT2D eigenvalue weighted by Gasteiger charge is -2.28. The van der Waals surface area contributed by atoms with Crippen LogP contribution in [0.25, 0.3) is 0 Å². The summed E-state index contributed by atoms with van der Waals surface area (Å²) in [6, 6.07) is 2.06.